The van der Waals surface area contributed by atoms with E-state index in [1.54, 1.807) is 9.80 Å². The number of benzene rings is 2. The van der Waals surface area contributed by atoms with Gasteiger partial charge in [-0.3, -0.25) is 9.59 Å². The summed E-state index contributed by atoms with van der Waals surface area (Å²) in [6, 6.07) is 17.5. The Morgan fingerprint density at radius 2 is 1.43 bits per heavy atom. The van der Waals surface area contributed by atoms with E-state index in [0.29, 0.717) is 58.5 Å². The molecule has 0 saturated carbocycles. The number of rotatable bonds is 8. The highest BCUT2D eigenvalue weighted by Crippen LogP contribution is 2.36. The highest BCUT2D eigenvalue weighted by molar-refractivity contribution is 5.94. The first-order valence-electron chi connectivity index (χ1n) is 16.2. The molecule has 1 atom stereocenters. The highest BCUT2D eigenvalue weighted by Gasteiger charge is 2.51. The number of hydrogen-bond donors (Lipinski definition) is 4. The van der Waals surface area contributed by atoms with Gasteiger partial charge >= 0.3 is 18.0 Å². The van der Waals surface area contributed by atoms with E-state index in [4.69, 9.17) is 4.74 Å². The third-order valence-corrected chi connectivity index (χ3v) is 9.64. The van der Waals surface area contributed by atoms with Crippen LogP contribution in [0.25, 0.3) is 0 Å². The molecule has 1 unspecified atom stereocenters. The standard InChI is InChI=1S/C34H45N7O6/c1-24(2)28(42)38-33(25-10-6-4-7-11-25)14-18-40(19-15-33)32(46)37-27(29(43)47-3)22-35-31(45)39-20-16-34(17-21-39)30(44)36-23-41(34)26-12-8-5-9-13-26/h4-13,24,27H,14-23H2,1-3H3,(H,35,45)(H,36,44)(H,37,46)(H,38,42). The van der Waals surface area contributed by atoms with Crippen LogP contribution < -0.4 is 26.2 Å². The Balaban J connectivity index is 1.16. The molecule has 6 amide bonds. The van der Waals surface area contributed by atoms with Crippen molar-refractivity contribution in [1.82, 2.24) is 31.1 Å². The van der Waals surface area contributed by atoms with Gasteiger partial charge in [0, 0.05) is 37.8 Å². The van der Waals surface area contributed by atoms with Crippen molar-refractivity contribution in [3.63, 3.8) is 0 Å². The third kappa shape index (κ3) is 7.13. The molecule has 3 saturated heterocycles. The normalized spacial score (nSPS) is 19.1. The molecule has 0 aliphatic carbocycles. The molecule has 13 nitrogen and oxygen atoms in total. The molecule has 5 rings (SSSR count). The Kier molecular flexibility index (Phi) is 10.2. The Morgan fingerprint density at radius 1 is 0.851 bits per heavy atom. The summed E-state index contributed by atoms with van der Waals surface area (Å²) in [5, 5.41) is 11.7. The van der Waals surface area contributed by atoms with Gasteiger partial charge < -0.3 is 40.7 Å². The maximum absolute atomic E-state index is 13.3. The summed E-state index contributed by atoms with van der Waals surface area (Å²) in [6.45, 7) is 5.33. The van der Waals surface area contributed by atoms with Crippen molar-refractivity contribution in [3.05, 3.63) is 66.2 Å². The van der Waals surface area contributed by atoms with Gasteiger partial charge in [-0.05, 0) is 43.4 Å². The van der Waals surface area contributed by atoms with Gasteiger partial charge in [-0.15, -0.1) is 0 Å². The molecule has 3 fully saturated rings. The van der Waals surface area contributed by atoms with Crippen molar-refractivity contribution in [2.45, 2.75) is 56.7 Å². The van der Waals surface area contributed by atoms with Crippen LogP contribution in [0.2, 0.25) is 0 Å². The average molecular weight is 648 g/mol. The van der Waals surface area contributed by atoms with E-state index in [1.165, 1.54) is 7.11 Å². The maximum Gasteiger partial charge on any atom is 0.330 e. The summed E-state index contributed by atoms with van der Waals surface area (Å²) in [6.07, 6.45) is 1.90. The van der Waals surface area contributed by atoms with Crippen molar-refractivity contribution in [2.24, 2.45) is 5.92 Å². The van der Waals surface area contributed by atoms with Crippen molar-refractivity contribution in [3.8, 4) is 0 Å². The number of methoxy groups -OCH3 is 1. The zero-order valence-corrected chi connectivity index (χ0v) is 27.3. The number of urea groups is 2. The lowest BCUT2D eigenvalue weighted by Crippen LogP contribution is -2.60. The molecule has 3 aliphatic rings. The average Bonchev–Trinajstić information content (AvgIpc) is 3.41. The maximum atomic E-state index is 13.3. The molecule has 0 aromatic heterocycles. The van der Waals surface area contributed by atoms with Gasteiger partial charge in [0.2, 0.25) is 11.8 Å². The molecular weight excluding hydrogens is 602 g/mol. The highest BCUT2D eigenvalue weighted by atomic mass is 16.5. The molecule has 3 heterocycles. The molecular formula is C34H45N7O6. The number of amides is 6. The van der Waals surface area contributed by atoms with Crippen LogP contribution in [0.3, 0.4) is 0 Å². The van der Waals surface area contributed by atoms with E-state index in [-0.39, 0.29) is 30.3 Å². The van der Waals surface area contributed by atoms with E-state index in [2.05, 4.69) is 26.2 Å². The van der Waals surface area contributed by atoms with Gasteiger partial charge in [-0.1, -0.05) is 62.4 Å². The number of nitrogens with zero attached hydrogens (tertiary/aromatic N) is 3. The minimum Gasteiger partial charge on any atom is -0.467 e. The number of nitrogens with one attached hydrogen (secondary N) is 4. The summed E-state index contributed by atoms with van der Waals surface area (Å²) in [4.78, 5) is 70.1. The molecule has 2 aromatic carbocycles. The molecule has 0 bridgehead atoms. The predicted molar refractivity (Wildman–Crippen MR) is 175 cm³/mol. The summed E-state index contributed by atoms with van der Waals surface area (Å²) < 4.78 is 4.93. The first-order valence-corrected chi connectivity index (χ1v) is 16.2. The second-order valence-electron chi connectivity index (χ2n) is 12.7. The number of likely N-dealkylation sites (tertiary alicyclic amines) is 2. The first kappa shape index (κ1) is 33.6. The summed E-state index contributed by atoms with van der Waals surface area (Å²) in [7, 11) is 1.23. The molecule has 1 spiro atoms. The van der Waals surface area contributed by atoms with Crippen LogP contribution in [0.4, 0.5) is 15.3 Å². The fraction of sp³-hybridized carbons (Fsp3) is 0.500. The van der Waals surface area contributed by atoms with Gasteiger partial charge in [-0.2, -0.15) is 0 Å². The van der Waals surface area contributed by atoms with Crippen LogP contribution in [-0.2, 0) is 24.7 Å². The van der Waals surface area contributed by atoms with Crippen LogP contribution in [0.5, 0.6) is 0 Å². The van der Waals surface area contributed by atoms with Crippen molar-refractivity contribution in [2.75, 3.05) is 51.4 Å². The SMILES string of the molecule is COC(=O)C(CNC(=O)N1CCC2(CC1)C(=O)NCN2c1ccccc1)NC(=O)N1CCC(NC(=O)C(C)C)(c2ccccc2)CC1. The second kappa shape index (κ2) is 14.3. The molecule has 4 N–H and O–H groups in total. The minimum absolute atomic E-state index is 0.0455. The lowest BCUT2D eigenvalue weighted by atomic mass is 9.80. The number of ether oxygens (including phenoxy) is 1. The van der Waals surface area contributed by atoms with Crippen LogP contribution in [-0.4, -0.2) is 97.7 Å². The number of hydrogen-bond acceptors (Lipinski definition) is 7. The van der Waals surface area contributed by atoms with Crippen LogP contribution in [0, 0.1) is 5.92 Å². The topological polar surface area (TPSA) is 152 Å². The minimum atomic E-state index is -1.11. The van der Waals surface area contributed by atoms with Gasteiger partial charge in [0.1, 0.15) is 11.6 Å². The van der Waals surface area contributed by atoms with Crippen LogP contribution >= 0.6 is 0 Å². The Labute approximate surface area is 275 Å². The number of piperidine rings is 2. The van der Waals surface area contributed by atoms with Crippen molar-refractivity contribution < 1.29 is 28.7 Å². The second-order valence-corrected chi connectivity index (χ2v) is 12.7. The zero-order valence-electron chi connectivity index (χ0n) is 27.3. The molecule has 252 valence electrons. The zero-order chi connectivity index (χ0) is 33.6. The fourth-order valence-electron chi connectivity index (χ4n) is 6.70. The van der Waals surface area contributed by atoms with Gasteiger partial charge in [-0.25, -0.2) is 14.4 Å². The summed E-state index contributed by atoms with van der Waals surface area (Å²) >= 11 is 0. The van der Waals surface area contributed by atoms with E-state index in [0.717, 1.165) is 11.3 Å². The van der Waals surface area contributed by atoms with E-state index >= 15 is 0 Å². The van der Waals surface area contributed by atoms with Crippen LogP contribution in [0.1, 0.15) is 45.1 Å². The third-order valence-electron chi connectivity index (χ3n) is 9.64. The van der Waals surface area contributed by atoms with E-state index in [1.807, 2.05) is 74.5 Å². The number of anilines is 1. The van der Waals surface area contributed by atoms with Gasteiger partial charge in [0.15, 0.2) is 0 Å². The molecule has 2 aromatic rings. The Morgan fingerprint density at radius 3 is 2.02 bits per heavy atom. The van der Waals surface area contributed by atoms with Gasteiger partial charge in [0.25, 0.3) is 0 Å². The van der Waals surface area contributed by atoms with Crippen LogP contribution in [0.15, 0.2) is 60.7 Å². The number of esters is 1. The largest absolute Gasteiger partial charge is 0.467 e. The first-order chi connectivity index (χ1) is 22.6. The Bertz CT molecular complexity index is 1440. The molecule has 3 aliphatic heterocycles. The predicted octanol–water partition coefficient (Wildman–Crippen LogP) is 2.14. The lowest BCUT2D eigenvalue weighted by Gasteiger charge is -2.43. The molecule has 0 radical (unpaired) electrons. The van der Waals surface area contributed by atoms with Crippen molar-refractivity contribution >= 4 is 35.5 Å². The summed E-state index contributed by atoms with van der Waals surface area (Å²) in [5.41, 5.74) is 0.582. The smallest absolute Gasteiger partial charge is 0.330 e. The molecule has 13 heteroatoms. The van der Waals surface area contributed by atoms with E-state index in [9.17, 15) is 24.0 Å². The van der Waals surface area contributed by atoms with E-state index < -0.39 is 29.1 Å². The Hall–Kier alpha value is -4.81. The monoisotopic (exact) mass is 647 g/mol. The van der Waals surface area contributed by atoms with Gasteiger partial charge in [0.05, 0.1) is 25.9 Å². The summed E-state index contributed by atoms with van der Waals surface area (Å²) in [5.74, 6) is -0.976. The quantitative estimate of drug-likeness (QED) is 0.321. The fourth-order valence-corrected chi connectivity index (χ4v) is 6.70. The lowest BCUT2D eigenvalue weighted by molar-refractivity contribution is -0.142. The number of carbonyl (C=O) groups excluding carboxylic acids is 5. The molecule has 47 heavy (non-hydrogen) atoms. The number of para-hydroxylation sites is 1. The van der Waals surface area contributed by atoms with Crippen molar-refractivity contribution in [1.29, 1.82) is 0 Å². The number of carbonyl (C=O) groups is 5.